The number of carboxylic acids is 2. The molecule has 1 aliphatic rings. The van der Waals surface area contributed by atoms with Crippen LogP contribution < -0.4 is 5.32 Å². The quantitative estimate of drug-likeness (QED) is 0.619. The summed E-state index contributed by atoms with van der Waals surface area (Å²) in [5, 5.41) is 17.9. The van der Waals surface area contributed by atoms with Crippen LogP contribution in [0.5, 0.6) is 0 Å². The summed E-state index contributed by atoms with van der Waals surface area (Å²) in [5.74, 6) is -3.05. The Kier molecular flexibility index (Phi) is 5.79. The lowest BCUT2D eigenvalue weighted by Crippen LogP contribution is -2.46. The van der Waals surface area contributed by atoms with E-state index in [0.29, 0.717) is 11.5 Å². The second kappa shape index (κ2) is 6.33. The smallest absolute Gasteiger partial charge is 0.480 e. The molecule has 1 saturated heterocycles. The number of thioether (sulfide) groups is 1. The Morgan fingerprint density at radius 3 is 2.06 bits per heavy atom. The first kappa shape index (κ1) is 15.6. The third kappa shape index (κ3) is 6.66. The minimum atomic E-state index is -5.08. The Hall–Kier alpha value is -1.45. The molecule has 10 heteroatoms. The molecule has 98 valence electrons. The molecule has 0 aromatic rings. The first-order chi connectivity index (χ1) is 7.64. The van der Waals surface area contributed by atoms with Crippen molar-refractivity contribution < 1.29 is 37.8 Å². The van der Waals surface area contributed by atoms with Crippen LogP contribution in [0.4, 0.5) is 13.2 Å². The van der Waals surface area contributed by atoms with Crippen molar-refractivity contribution in [1.29, 1.82) is 0 Å². The van der Waals surface area contributed by atoms with Gasteiger partial charge in [0.15, 0.2) is 0 Å². The summed E-state index contributed by atoms with van der Waals surface area (Å²) in [4.78, 5) is 29.8. The molecule has 0 saturated carbocycles. The van der Waals surface area contributed by atoms with Gasteiger partial charge in [0.05, 0.1) is 5.75 Å². The van der Waals surface area contributed by atoms with Gasteiger partial charge in [-0.2, -0.15) is 13.2 Å². The average Bonchev–Trinajstić information content (AvgIpc) is 2.17. The second-order valence-electron chi connectivity index (χ2n) is 2.78. The van der Waals surface area contributed by atoms with Gasteiger partial charge < -0.3 is 15.5 Å². The highest BCUT2D eigenvalue weighted by Gasteiger charge is 2.38. The molecule has 0 radical (unpaired) electrons. The number of carbonyl (C=O) groups is 3. The van der Waals surface area contributed by atoms with Crippen LogP contribution in [-0.2, 0) is 14.4 Å². The standard InChI is InChI=1S/C5H7NO3S.C2HF3O2/c7-4-2-10-1-3(6-4)5(8)9;3-2(4,5)1(6)7/h3H,1-2H2,(H,6,7)(H,8,9);(H,6,7). The summed E-state index contributed by atoms with van der Waals surface area (Å²) in [6, 6.07) is -0.689. The van der Waals surface area contributed by atoms with Gasteiger partial charge in [-0.1, -0.05) is 0 Å². The van der Waals surface area contributed by atoms with E-state index in [0.717, 1.165) is 0 Å². The highest BCUT2D eigenvalue weighted by atomic mass is 32.2. The van der Waals surface area contributed by atoms with Crippen LogP contribution in [0.25, 0.3) is 0 Å². The van der Waals surface area contributed by atoms with Crippen LogP contribution >= 0.6 is 11.8 Å². The maximum Gasteiger partial charge on any atom is 0.490 e. The van der Waals surface area contributed by atoms with Gasteiger partial charge in [-0.25, -0.2) is 9.59 Å². The van der Waals surface area contributed by atoms with Crippen molar-refractivity contribution in [2.24, 2.45) is 0 Å². The molecule has 0 aromatic carbocycles. The number of aliphatic carboxylic acids is 2. The predicted octanol–water partition coefficient (Wildman–Crippen LogP) is -0.0641. The fourth-order valence-electron chi connectivity index (χ4n) is 0.680. The first-order valence-electron chi connectivity index (χ1n) is 4.04. The van der Waals surface area contributed by atoms with Crippen LogP contribution in [0.1, 0.15) is 0 Å². The maximum absolute atomic E-state index is 10.6. The lowest BCUT2D eigenvalue weighted by molar-refractivity contribution is -0.192. The zero-order valence-corrected chi connectivity index (χ0v) is 8.97. The Bertz CT molecular complexity index is 317. The van der Waals surface area contributed by atoms with Crippen LogP contribution in [0.15, 0.2) is 0 Å². The second-order valence-corrected chi connectivity index (χ2v) is 3.81. The molecule has 0 bridgehead atoms. The predicted molar refractivity (Wildman–Crippen MR) is 50.6 cm³/mol. The van der Waals surface area contributed by atoms with Crippen molar-refractivity contribution in [2.75, 3.05) is 11.5 Å². The topological polar surface area (TPSA) is 104 Å². The summed E-state index contributed by atoms with van der Waals surface area (Å²) < 4.78 is 31.7. The number of carbonyl (C=O) groups excluding carboxylic acids is 1. The van der Waals surface area contributed by atoms with Gasteiger partial charge in [0, 0.05) is 5.75 Å². The van der Waals surface area contributed by atoms with Gasteiger partial charge in [-0.3, -0.25) is 4.79 Å². The van der Waals surface area contributed by atoms with E-state index in [2.05, 4.69) is 5.32 Å². The molecular weight excluding hydrogens is 267 g/mol. The van der Waals surface area contributed by atoms with Gasteiger partial charge >= 0.3 is 18.1 Å². The maximum atomic E-state index is 10.6. The lowest BCUT2D eigenvalue weighted by atomic mass is 10.3. The summed E-state index contributed by atoms with van der Waals surface area (Å²) in [6.07, 6.45) is -5.08. The average molecular weight is 275 g/mol. The number of carboxylic acid groups (broad SMARTS) is 2. The fraction of sp³-hybridized carbons (Fsp3) is 0.571. The zero-order valence-electron chi connectivity index (χ0n) is 8.15. The van der Waals surface area contributed by atoms with Crippen molar-refractivity contribution in [1.82, 2.24) is 5.32 Å². The minimum absolute atomic E-state index is 0.191. The molecule has 1 unspecified atom stereocenters. The van der Waals surface area contributed by atoms with E-state index >= 15 is 0 Å². The highest BCUT2D eigenvalue weighted by Crippen LogP contribution is 2.13. The fourth-order valence-corrected chi connectivity index (χ4v) is 1.53. The lowest BCUT2D eigenvalue weighted by Gasteiger charge is -2.18. The first-order valence-corrected chi connectivity index (χ1v) is 5.20. The molecule has 1 atom stereocenters. The molecule has 6 nitrogen and oxygen atoms in total. The van der Waals surface area contributed by atoms with E-state index in [1.54, 1.807) is 0 Å². The highest BCUT2D eigenvalue weighted by molar-refractivity contribution is 8.00. The van der Waals surface area contributed by atoms with Crippen LogP contribution in [0.3, 0.4) is 0 Å². The number of nitrogens with one attached hydrogen (secondary N) is 1. The van der Waals surface area contributed by atoms with Crippen molar-refractivity contribution >= 4 is 29.6 Å². The van der Waals surface area contributed by atoms with E-state index < -0.39 is 24.2 Å². The molecule has 1 heterocycles. The molecule has 0 aliphatic carbocycles. The van der Waals surface area contributed by atoms with Gasteiger partial charge in [0.1, 0.15) is 6.04 Å². The number of amides is 1. The third-order valence-corrected chi connectivity index (χ3v) is 2.43. The normalized spacial score (nSPS) is 19.7. The monoisotopic (exact) mass is 275 g/mol. The largest absolute Gasteiger partial charge is 0.490 e. The SMILES string of the molecule is O=C(O)C(F)(F)F.O=C1CSCC(C(=O)O)N1. The summed E-state index contributed by atoms with van der Waals surface area (Å²) >= 11 is 1.35. The van der Waals surface area contributed by atoms with E-state index in [1.165, 1.54) is 11.8 Å². The molecule has 17 heavy (non-hydrogen) atoms. The van der Waals surface area contributed by atoms with Crippen molar-refractivity contribution in [3.8, 4) is 0 Å². The summed E-state index contributed by atoms with van der Waals surface area (Å²) in [6.45, 7) is 0. The number of rotatable bonds is 1. The van der Waals surface area contributed by atoms with Crippen LogP contribution in [0, 0.1) is 0 Å². The molecule has 1 rings (SSSR count). The molecule has 0 spiro atoms. The summed E-state index contributed by atoms with van der Waals surface area (Å²) in [5.41, 5.74) is 0. The van der Waals surface area contributed by atoms with Gasteiger partial charge in [0.25, 0.3) is 0 Å². The van der Waals surface area contributed by atoms with E-state index in [-0.39, 0.29) is 5.91 Å². The molecule has 1 fully saturated rings. The van der Waals surface area contributed by atoms with Crippen molar-refractivity contribution in [3.63, 3.8) is 0 Å². The summed E-state index contributed by atoms with van der Waals surface area (Å²) in [7, 11) is 0. The van der Waals surface area contributed by atoms with Gasteiger partial charge in [0.2, 0.25) is 5.91 Å². The minimum Gasteiger partial charge on any atom is -0.480 e. The molecule has 1 amide bonds. The van der Waals surface area contributed by atoms with Crippen molar-refractivity contribution in [2.45, 2.75) is 12.2 Å². The van der Waals surface area contributed by atoms with Gasteiger partial charge in [-0.15, -0.1) is 11.8 Å². The van der Waals surface area contributed by atoms with E-state index in [1.807, 2.05) is 0 Å². The molecule has 0 aromatic heterocycles. The van der Waals surface area contributed by atoms with Crippen LogP contribution in [-0.4, -0.2) is 51.8 Å². The molecule has 1 aliphatic heterocycles. The Morgan fingerprint density at radius 1 is 1.35 bits per heavy atom. The third-order valence-electron chi connectivity index (χ3n) is 1.39. The Balaban J connectivity index is 0.000000325. The van der Waals surface area contributed by atoms with E-state index in [4.69, 9.17) is 15.0 Å². The number of halogens is 3. The number of alkyl halides is 3. The number of hydrogen-bond acceptors (Lipinski definition) is 4. The Morgan fingerprint density at radius 2 is 1.82 bits per heavy atom. The molecular formula is C7H8F3NO5S. The van der Waals surface area contributed by atoms with Gasteiger partial charge in [-0.05, 0) is 0 Å². The zero-order chi connectivity index (χ0) is 13.6. The Labute approximate surface area is 97.2 Å². The van der Waals surface area contributed by atoms with Crippen LogP contribution in [0.2, 0.25) is 0 Å². The number of hydrogen-bond donors (Lipinski definition) is 3. The molecule has 3 N–H and O–H groups in total. The van der Waals surface area contributed by atoms with E-state index in [9.17, 15) is 22.8 Å². The van der Waals surface area contributed by atoms with Crippen molar-refractivity contribution in [3.05, 3.63) is 0 Å².